The van der Waals surface area contributed by atoms with E-state index in [1.807, 2.05) is 32.9 Å². The van der Waals surface area contributed by atoms with E-state index >= 15 is 0 Å². The maximum atomic E-state index is 13.2. The molecule has 1 aliphatic carbocycles. The van der Waals surface area contributed by atoms with Crippen LogP contribution in [0.15, 0.2) is 27.9 Å². The minimum absolute atomic E-state index is 0.177. The zero-order chi connectivity index (χ0) is 25.5. The van der Waals surface area contributed by atoms with Crippen LogP contribution in [0.5, 0.6) is 5.88 Å². The molecule has 2 aromatic rings. The third-order valence-electron chi connectivity index (χ3n) is 6.71. The summed E-state index contributed by atoms with van der Waals surface area (Å²) in [5.74, 6) is 1.12. The van der Waals surface area contributed by atoms with Gasteiger partial charge in [-0.15, -0.1) is 0 Å². The Morgan fingerprint density at radius 2 is 1.92 bits per heavy atom. The van der Waals surface area contributed by atoms with Gasteiger partial charge in [-0.1, -0.05) is 13.8 Å². The number of nitrogens with zero attached hydrogens (tertiary/aromatic N) is 3. The van der Waals surface area contributed by atoms with Gasteiger partial charge in [-0.3, -0.25) is 13.9 Å². The summed E-state index contributed by atoms with van der Waals surface area (Å²) in [6.07, 6.45) is 8.44. The summed E-state index contributed by atoms with van der Waals surface area (Å²) in [6.45, 7) is 7.79. The van der Waals surface area contributed by atoms with E-state index in [4.69, 9.17) is 14.2 Å². The smallest absolute Gasteiger partial charge is 0.332 e. The van der Waals surface area contributed by atoms with E-state index in [0.717, 1.165) is 44.3 Å². The summed E-state index contributed by atoms with van der Waals surface area (Å²) in [5.41, 5.74) is 0.612. The summed E-state index contributed by atoms with van der Waals surface area (Å²) in [6, 6.07) is 3.77. The van der Waals surface area contributed by atoms with E-state index in [1.165, 1.54) is 11.0 Å². The maximum Gasteiger partial charge on any atom is 0.332 e. The highest BCUT2D eigenvalue weighted by atomic mass is 16.7. The van der Waals surface area contributed by atoms with Crippen molar-refractivity contribution in [3.05, 3.63) is 44.7 Å². The normalized spacial score (nSPS) is 20.9. The van der Waals surface area contributed by atoms with Crippen LogP contribution in [0.1, 0.15) is 77.4 Å². The Labute approximate surface area is 212 Å². The van der Waals surface area contributed by atoms with E-state index in [2.05, 4.69) is 15.6 Å². The molecule has 0 amide bonds. The molecule has 2 fully saturated rings. The number of pyridine rings is 1. The highest BCUT2D eigenvalue weighted by Gasteiger charge is 2.29. The standard InChI is InChI=1S/C24H33N5O5.C2H6/c1-2-28-22-20(23(30)29(24(28)31)12-6-14-33-19-9-3-4-13-32-19)26-21(27-22)16-10-11-18(25-15-16)34-17-7-5-8-17;1-2/h10-11,15,17,19,21,26-27H,2-9,12-14H2,1H3;1-2H3. The predicted octanol–water partition coefficient (Wildman–Crippen LogP) is 3.85. The molecule has 0 bridgehead atoms. The summed E-state index contributed by atoms with van der Waals surface area (Å²) in [5, 5.41) is 6.54. The molecular formula is C26H39N5O5. The fourth-order valence-corrected chi connectivity index (χ4v) is 4.53. The number of aromatic nitrogens is 3. The first-order valence-electron chi connectivity index (χ1n) is 13.4. The van der Waals surface area contributed by atoms with Crippen LogP contribution < -0.4 is 26.6 Å². The Kier molecular flexibility index (Phi) is 9.03. The van der Waals surface area contributed by atoms with Gasteiger partial charge >= 0.3 is 5.69 Å². The van der Waals surface area contributed by atoms with Gasteiger partial charge in [0, 0.05) is 37.5 Å². The molecule has 36 heavy (non-hydrogen) atoms. The van der Waals surface area contributed by atoms with Gasteiger partial charge in [0.15, 0.2) is 6.29 Å². The lowest BCUT2D eigenvalue weighted by molar-refractivity contribution is -0.163. The van der Waals surface area contributed by atoms with Crippen molar-refractivity contribution in [2.75, 3.05) is 23.8 Å². The monoisotopic (exact) mass is 501 g/mol. The van der Waals surface area contributed by atoms with E-state index in [-0.39, 0.29) is 29.8 Å². The number of anilines is 2. The second-order valence-electron chi connectivity index (χ2n) is 9.05. The number of hydrogen-bond acceptors (Lipinski definition) is 8. The molecule has 1 saturated carbocycles. The Hall–Kier alpha value is -2.85. The number of nitrogens with one attached hydrogen (secondary N) is 2. The summed E-state index contributed by atoms with van der Waals surface area (Å²) >= 11 is 0. The Balaban J connectivity index is 0.00000148. The first-order valence-corrected chi connectivity index (χ1v) is 13.4. The first kappa shape index (κ1) is 26.2. The van der Waals surface area contributed by atoms with Crippen molar-refractivity contribution >= 4 is 11.5 Å². The zero-order valence-corrected chi connectivity index (χ0v) is 21.6. The molecule has 0 aromatic carbocycles. The molecule has 2 atom stereocenters. The SMILES string of the molecule is CC.CCn1c2c(c(=O)n(CCCOC3CCCCO3)c1=O)NC(c1ccc(OC3CCC3)nc1)N2. The molecule has 5 rings (SSSR count). The van der Waals surface area contributed by atoms with Gasteiger partial charge in [-0.2, -0.15) is 0 Å². The van der Waals surface area contributed by atoms with Crippen LogP contribution in [-0.2, 0) is 22.6 Å². The van der Waals surface area contributed by atoms with E-state index in [0.29, 0.717) is 43.5 Å². The van der Waals surface area contributed by atoms with Gasteiger partial charge in [0.25, 0.3) is 5.56 Å². The second-order valence-corrected chi connectivity index (χ2v) is 9.05. The van der Waals surface area contributed by atoms with Gasteiger partial charge < -0.3 is 24.8 Å². The molecule has 198 valence electrons. The summed E-state index contributed by atoms with van der Waals surface area (Å²) in [4.78, 5) is 30.7. The van der Waals surface area contributed by atoms with Gasteiger partial charge in [0.2, 0.25) is 5.88 Å². The number of ether oxygens (including phenoxy) is 3. The van der Waals surface area contributed by atoms with Gasteiger partial charge in [-0.05, 0) is 57.9 Å². The fraction of sp³-hybridized carbons (Fsp3) is 0.654. The van der Waals surface area contributed by atoms with Crippen LogP contribution in [0.4, 0.5) is 11.5 Å². The molecule has 2 aromatic heterocycles. The quantitative estimate of drug-likeness (QED) is 0.499. The highest BCUT2D eigenvalue weighted by Crippen LogP contribution is 2.32. The molecule has 3 aliphatic rings. The lowest BCUT2D eigenvalue weighted by atomic mass is 9.96. The van der Waals surface area contributed by atoms with Gasteiger partial charge in [0.1, 0.15) is 23.8 Å². The minimum atomic E-state index is -0.354. The molecule has 10 nitrogen and oxygen atoms in total. The Morgan fingerprint density at radius 3 is 2.56 bits per heavy atom. The lowest BCUT2D eigenvalue weighted by Gasteiger charge is -2.25. The number of fused-ring (bicyclic) bond motifs is 1. The molecule has 0 radical (unpaired) electrons. The second kappa shape index (κ2) is 12.4. The minimum Gasteiger partial charge on any atom is -0.474 e. The van der Waals surface area contributed by atoms with Crippen LogP contribution in [0.25, 0.3) is 0 Å². The van der Waals surface area contributed by atoms with Crippen molar-refractivity contribution in [3.63, 3.8) is 0 Å². The Bertz CT molecular complexity index is 1100. The van der Waals surface area contributed by atoms with Crippen molar-refractivity contribution in [2.45, 2.75) is 97.4 Å². The van der Waals surface area contributed by atoms with E-state index < -0.39 is 0 Å². The van der Waals surface area contributed by atoms with Crippen molar-refractivity contribution in [1.29, 1.82) is 0 Å². The number of rotatable bonds is 9. The molecule has 1 saturated heterocycles. The fourth-order valence-electron chi connectivity index (χ4n) is 4.53. The highest BCUT2D eigenvalue weighted by molar-refractivity contribution is 5.70. The van der Waals surface area contributed by atoms with Crippen LogP contribution in [0.3, 0.4) is 0 Å². The number of hydrogen-bond donors (Lipinski definition) is 2. The van der Waals surface area contributed by atoms with Gasteiger partial charge in [-0.25, -0.2) is 9.78 Å². The lowest BCUT2D eigenvalue weighted by Crippen LogP contribution is -2.40. The molecule has 2 unspecified atom stereocenters. The molecule has 2 aliphatic heterocycles. The zero-order valence-electron chi connectivity index (χ0n) is 21.6. The topological polar surface area (TPSA) is 109 Å². The molecule has 4 heterocycles. The van der Waals surface area contributed by atoms with E-state index in [1.54, 1.807) is 10.8 Å². The van der Waals surface area contributed by atoms with Crippen LogP contribution >= 0.6 is 0 Å². The van der Waals surface area contributed by atoms with Crippen molar-refractivity contribution in [2.24, 2.45) is 0 Å². The molecule has 2 N–H and O–H groups in total. The van der Waals surface area contributed by atoms with Crippen molar-refractivity contribution in [3.8, 4) is 5.88 Å². The van der Waals surface area contributed by atoms with Crippen LogP contribution in [0.2, 0.25) is 0 Å². The van der Waals surface area contributed by atoms with Gasteiger partial charge in [0.05, 0.1) is 6.61 Å². The maximum absolute atomic E-state index is 13.2. The summed E-state index contributed by atoms with van der Waals surface area (Å²) in [7, 11) is 0. The van der Waals surface area contributed by atoms with Crippen molar-refractivity contribution < 1.29 is 14.2 Å². The van der Waals surface area contributed by atoms with Crippen LogP contribution in [0, 0.1) is 0 Å². The largest absolute Gasteiger partial charge is 0.474 e. The third kappa shape index (κ3) is 5.75. The average Bonchev–Trinajstić information content (AvgIpc) is 3.34. The predicted molar refractivity (Wildman–Crippen MR) is 139 cm³/mol. The van der Waals surface area contributed by atoms with E-state index in [9.17, 15) is 9.59 Å². The molecular weight excluding hydrogens is 462 g/mol. The third-order valence-corrected chi connectivity index (χ3v) is 6.71. The van der Waals surface area contributed by atoms with Crippen LogP contribution in [-0.4, -0.2) is 39.7 Å². The van der Waals surface area contributed by atoms with Crippen molar-refractivity contribution in [1.82, 2.24) is 14.1 Å². The average molecular weight is 502 g/mol. The summed E-state index contributed by atoms with van der Waals surface area (Å²) < 4.78 is 20.1. The molecule has 0 spiro atoms. The molecule has 10 heteroatoms. The first-order chi connectivity index (χ1) is 17.6. The Morgan fingerprint density at radius 1 is 1.08 bits per heavy atom.